The van der Waals surface area contributed by atoms with Crippen molar-refractivity contribution in [2.24, 2.45) is 0 Å². The standard InChI is InChI=1S/C18H20N2O5S3/c1-2-10-20(16-9-12-27(22,23)13-16)18(21)14-5-7-15(8-6-14)19-28(24,25)17-4-3-11-26-17/h2-8,11,16,19H,1,9-10,12-13H2. The van der Waals surface area contributed by atoms with Gasteiger partial charge in [0.25, 0.3) is 15.9 Å². The van der Waals surface area contributed by atoms with Gasteiger partial charge in [-0.1, -0.05) is 12.1 Å². The summed E-state index contributed by atoms with van der Waals surface area (Å²) in [6.45, 7) is 3.89. The quantitative estimate of drug-likeness (QED) is 0.666. The van der Waals surface area contributed by atoms with Crippen LogP contribution in [-0.2, 0) is 19.9 Å². The number of nitrogens with one attached hydrogen (secondary N) is 1. The van der Waals surface area contributed by atoms with Crippen LogP contribution in [0.15, 0.2) is 58.6 Å². The van der Waals surface area contributed by atoms with Crippen LogP contribution in [0.2, 0.25) is 0 Å². The third kappa shape index (κ3) is 4.62. The van der Waals surface area contributed by atoms with E-state index in [9.17, 15) is 21.6 Å². The lowest BCUT2D eigenvalue weighted by atomic mass is 10.1. The molecule has 1 fully saturated rings. The number of sulfonamides is 1. The van der Waals surface area contributed by atoms with Crippen LogP contribution >= 0.6 is 11.3 Å². The Morgan fingerprint density at radius 1 is 1.29 bits per heavy atom. The van der Waals surface area contributed by atoms with Crippen LogP contribution in [0.3, 0.4) is 0 Å². The molecule has 1 aromatic carbocycles. The van der Waals surface area contributed by atoms with Crippen LogP contribution in [0, 0.1) is 0 Å². The fourth-order valence-electron chi connectivity index (χ4n) is 3.03. The lowest BCUT2D eigenvalue weighted by Gasteiger charge is -2.27. The molecule has 0 aliphatic carbocycles. The van der Waals surface area contributed by atoms with E-state index in [0.717, 1.165) is 11.3 Å². The normalized spacial score (nSPS) is 18.5. The third-order valence-corrected chi connectivity index (χ3v) is 8.91. The highest BCUT2D eigenvalue weighted by Gasteiger charge is 2.34. The maximum Gasteiger partial charge on any atom is 0.271 e. The molecule has 1 amide bonds. The van der Waals surface area contributed by atoms with Gasteiger partial charge in [-0.15, -0.1) is 17.9 Å². The van der Waals surface area contributed by atoms with Crippen LogP contribution < -0.4 is 4.72 Å². The number of hydrogen-bond donors (Lipinski definition) is 1. The van der Waals surface area contributed by atoms with Gasteiger partial charge < -0.3 is 4.90 Å². The van der Waals surface area contributed by atoms with Crippen LogP contribution in [-0.4, -0.2) is 51.7 Å². The average molecular weight is 441 g/mol. The summed E-state index contributed by atoms with van der Waals surface area (Å²) >= 11 is 1.11. The van der Waals surface area contributed by atoms with Gasteiger partial charge >= 0.3 is 0 Å². The fourth-order valence-corrected chi connectivity index (χ4v) is 6.81. The number of thiophene rings is 1. The second-order valence-corrected chi connectivity index (χ2v) is 11.5. The molecule has 1 aromatic heterocycles. The van der Waals surface area contributed by atoms with Gasteiger partial charge in [0, 0.05) is 23.8 Å². The molecule has 1 aliphatic heterocycles. The Kier molecular flexibility index (Phi) is 5.92. The van der Waals surface area contributed by atoms with E-state index in [1.54, 1.807) is 17.5 Å². The van der Waals surface area contributed by atoms with Gasteiger partial charge in [-0.3, -0.25) is 9.52 Å². The lowest BCUT2D eigenvalue weighted by molar-refractivity contribution is 0.0720. The number of amides is 1. The molecule has 2 aromatic rings. The first-order valence-corrected chi connectivity index (χ1v) is 12.7. The van der Waals surface area contributed by atoms with E-state index in [1.807, 2.05) is 0 Å². The summed E-state index contributed by atoms with van der Waals surface area (Å²) in [6.07, 6.45) is 1.97. The topological polar surface area (TPSA) is 101 Å². The van der Waals surface area contributed by atoms with E-state index in [1.165, 1.54) is 35.2 Å². The number of rotatable bonds is 7. The van der Waals surface area contributed by atoms with Gasteiger partial charge in [0.15, 0.2) is 9.84 Å². The predicted octanol–water partition coefficient (Wildman–Crippen LogP) is 2.36. The zero-order valence-electron chi connectivity index (χ0n) is 14.9. The largest absolute Gasteiger partial charge is 0.331 e. The van der Waals surface area contributed by atoms with Gasteiger partial charge in [-0.25, -0.2) is 16.8 Å². The van der Waals surface area contributed by atoms with Crippen LogP contribution in [0.1, 0.15) is 16.8 Å². The van der Waals surface area contributed by atoms with Crippen molar-refractivity contribution in [2.45, 2.75) is 16.7 Å². The molecule has 1 unspecified atom stereocenters. The van der Waals surface area contributed by atoms with Crippen molar-refractivity contribution in [3.05, 3.63) is 60.0 Å². The van der Waals surface area contributed by atoms with Gasteiger partial charge in [0.05, 0.1) is 11.5 Å². The van der Waals surface area contributed by atoms with E-state index in [4.69, 9.17) is 0 Å². The first-order valence-electron chi connectivity index (χ1n) is 8.50. The summed E-state index contributed by atoms with van der Waals surface area (Å²) in [7, 11) is -6.79. The molecule has 0 radical (unpaired) electrons. The van der Waals surface area contributed by atoms with E-state index in [-0.39, 0.29) is 34.2 Å². The Balaban J connectivity index is 1.76. The Morgan fingerprint density at radius 3 is 2.54 bits per heavy atom. The summed E-state index contributed by atoms with van der Waals surface area (Å²) < 4.78 is 50.7. The Hall–Kier alpha value is -2.17. The Morgan fingerprint density at radius 2 is 2.00 bits per heavy atom. The number of sulfone groups is 1. The molecular weight excluding hydrogens is 420 g/mol. The lowest BCUT2D eigenvalue weighted by Crippen LogP contribution is -2.41. The van der Waals surface area contributed by atoms with E-state index in [2.05, 4.69) is 11.3 Å². The van der Waals surface area contributed by atoms with Crippen molar-refractivity contribution in [2.75, 3.05) is 22.8 Å². The van der Waals surface area contributed by atoms with Gasteiger partial charge in [-0.05, 0) is 42.1 Å². The molecule has 10 heteroatoms. The van der Waals surface area contributed by atoms with Crippen molar-refractivity contribution in [3.63, 3.8) is 0 Å². The first kappa shape index (κ1) is 20.6. The number of anilines is 1. The molecule has 0 bridgehead atoms. The van der Waals surface area contributed by atoms with Crippen molar-refractivity contribution < 1.29 is 21.6 Å². The highest BCUT2D eigenvalue weighted by Crippen LogP contribution is 2.23. The highest BCUT2D eigenvalue weighted by atomic mass is 32.2. The number of carbonyl (C=O) groups excluding carboxylic acids is 1. The maximum absolute atomic E-state index is 12.9. The summed E-state index contributed by atoms with van der Waals surface area (Å²) in [6, 6.07) is 8.84. The predicted molar refractivity (Wildman–Crippen MR) is 110 cm³/mol. The van der Waals surface area contributed by atoms with E-state index < -0.39 is 19.9 Å². The van der Waals surface area contributed by atoms with Gasteiger partial charge in [-0.2, -0.15) is 0 Å². The summed E-state index contributed by atoms with van der Waals surface area (Å²) in [5, 5.41) is 1.67. The van der Waals surface area contributed by atoms with Crippen molar-refractivity contribution in [3.8, 4) is 0 Å². The summed E-state index contributed by atoms with van der Waals surface area (Å²) in [4.78, 5) is 14.4. The molecule has 2 heterocycles. The molecule has 150 valence electrons. The minimum atomic E-state index is -3.66. The number of carbonyl (C=O) groups is 1. The second kappa shape index (κ2) is 8.06. The number of benzene rings is 1. The Bertz CT molecular complexity index is 1060. The first-order chi connectivity index (χ1) is 13.2. The molecule has 1 atom stereocenters. The molecule has 0 spiro atoms. The zero-order valence-corrected chi connectivity index (χ0v) is 17.4. The molecule has 1 saturated heterocycles. The average Bonchev–Trinajstić information content (AvgIpc) is 3.29. The Labute approximate surface area is 168 Å². The number of hydrogen-bond acceptors (Lipinski definition) is 6. The fraction of sp³-hybridized carbons (Fsp3) is 0.278. The van der Waals surface area contributed by atoms with Gasteiger partial charge in [0.2, 0.25) is 0 Å². The molecular formula is C18H20N2O5S3. The molecule has 7 nitrogen and oxygen atoms in total. The van der Waals surface area contributed by atoms with Crippen LogP contribution in [0.25, 0.3) is 0 Å². The number of nitrogens with zero attached hydrogens (tertiary/aromatic N) is 1. The molecule has 28 heavy (non-hydrogen) atoms. The van der Waals surface area contributed by atoms with Crippen molar-refractivity contribution in [1.29, 1.82) is 0 Å². The minimum absolute atomic E-state index is 0.0503. The second-order valence-electron chi connectivity index (χ2n) is 6.42. The molecule has 1 aliphatic rings. The minimum Gasteiger partial charge on any atom is -0.331 e. The van der Waals surface area contributed by atoms with Crippen molar-refractivity contribution in [1.82, 2.24) is 4.90 Å². The van der Waals surface area contributed by atoms with Gasteiger partial charge in [0.1, 0.15) is 4.21 Å². The van der Waals surface area contributed by atoms with Crippen molar-refractivity contribution >= 4 is 42.8 Å². The van der Waals surface area contributed by atoms with E-state index in [0.29, 0.717) is 17.7 Å². The third-order valence-electron chi connectivity index (χ3n) is 4.38. The summed E-state index contributed by atoms with van der Waals surface area (Å²) in [5.74, 6) is -0.289. The molecule has 0 saturated carbocycles. The van der Waals surface area contributed by atoms with Crippen LogP contribution in [0.4, 0.5) is 5.69 Å². The highest BCUT2D eigenvalue weighted by molar-refractivity contribution is 7.94. The maximum atomic E-state index is 12.9. The molecule has 1 N–H and O–H groups in total. The van der Waals surface area contributed by atoms with E-state index >= 15 is 0 Å². The monoisotopic (exact) mass is 440 g/mol. The SMILES string of the molecule is C=CCN(C(=O)c1ccc(NS(=O)(=O)c2cccs2)cc1)C1CCS(=O)(=O)C1. The summed E-state index contributed by atoms with van der Waals surface area (Å²) in [5.41, 5.74) is 0.689. The smallest absolute Gasteiger partial charge is 0.271 e. The zero-order chi connectivity index (χ0) is 20.4. The van der Waals surface area contributed by atoms with Crippen LogP contribution in [0.5, 0.6) is 0 Å². The molecule has 3 rings (SSSR count).